The molecule has 0 saturated carbocycles. The van der Waals surface area contributed by atoms with E-state index in [1.807, 2.05) is 60.7 Å². The fourth-order valence-electron chi connectivity index (χ4n) is 3.45. The van der Waals surface area contributed by atoms with Crippen molar-refractivity contribution in [2.24, 2.45) is 5.10 Å². The van der Waals surface area contributed by atoms with Crippen LogP contribution >= 0.6 is 0 Å². The van der Waals surface area contributed by atoms with Gasteiger partial charge in [0.15, 0.2) is 5.78 Å². The van der Waals surface area contributed by atoms with E-state index in [2.05, 4.69) is 0 Å². The second-order valence-electron chi connectivity index (χ2n) is 6.63. The number of hydrazone groups is 1. The molecule has 1 unspecified atom stereocenters. The summed E-state index contributed by atoms with van der Waals surface area (Å²) in [6.07, 6.45) is 0.991. The third kappa shape index (κ3) is 3.92. The average Bonchev–Trinajstić information content (AvgIpc) is 3.09. The molecule has 0 spiro atoms. The zero-order chi connectivity index (χ0) is 19.3. The van der Waals surface area contributed by atoms with Crippen molar-refractivity contribution in [1.82, 2.24) is 0 Å². The van der Waals surface area contributed by atoms with Crippen LogP contribution in [-0.4, -0.2) is 29.6 Å². The maximum Gasteiger partial charge on any atom is 0.305 e. The molecule has 1 aliphatic rings. The van der Waals surface area contributed by atoms with Crippen LogP contribution in [0.4, 0.5) is 5.69 Å². The minimum Gasteiger partial charge on any atom is -0.466 e. The Balaban J connectivity index is 1.99. The summed E-state index contributed by atoms with van der Waals surface area (Å²) in [6.45, 7) is 3.69. The van der Waals surface area contributed by atoms with Crippen LogP contribution in [0.25, 0.3) is 0 Å². The van der Waals surface area contributed by atoms with Crippen LogP contribution in [0.2, 0.25) is 0 Å². The summed E-state index contributed by atoms with van der Waals surface area (Å²) in [7, 11) is 0. The van der Waals surface area contributed by atoms with Crippen molar-refractivity contribution in [2.75, 3.05) is 11.6 Å². The quantitative estimate of drug-likeness (QED) is 0.698. The molecule has 0 saturated heterocycles. The molecule has 1 atom stereocenters. The zero-order valence-electron chi connectivity index (χ0n) is 15.7. The highest BCUT2D eigenvalue weighted by Crippen LogP contribution is 2.38. The van der Waals surface area contributed by atoms with Crippen molar-refractivity contribution in [3.05, 3.63) is 66.2 Å². The van der Waals surface area contributed by atoms with Gasteiger partial charge in [-0.25, -0.2) is 0 Å². The summed E-state index contributed by atoms with van der Waals surface area (Å²) in [5, 5.41) is 6.59. The molecule has 1 heterocycles. The predicted molar refractivity (Wildman–Crippen MR) is 106 cm³/mol. The number of anilines is 1. The number of rotatable bonds is 7. The van der Waals surface area contributed by atoms with Gasteiger partial charge in [-0.15, -0.1) is 0 Å². The largest absolute Gasteiger partial charge is 0.466 e. The molecule has 1 aliphatic heterocycles. The van der Waals surface area contributed by atoms with Gasteiger partial charge in [0.1, 0.15) is 5.54 Å². The van der Waals surface area contributed by atoms with Crippen molar-refractivity contribution in [3.8, 4) is 0 Å². The van der Waals surface area contributed by atoms with Crippen molar-refractivity contribution in [1.29, 1.82) is 0 Å². The number of ketones is 1. The zero-order valence-corrected chi connectivity index (χ0v) is 15.7. The lowest BCUT2D eigenvalue weighted by molar-refractivity contribution is -0.143. The van der Waals surface area contributed by atoms with E-state index in [0.717, 1.165) is 17.0 Å². The van der Waals surface area contributed by atoms with E-state index >= 15 is 0 Å². The van der Waals surface area contributed by atoms with Crippen LogP contribution in [0.1, 0.15) is 38.7 Å². The highest BCUT2D eigenvalue weighted by molar-refractivity contribution is 6.09. The van der Waals surface area contributed by atoms with Gasteiger partial charge in [-0.3, -0.25) is 14.6 Å². The Labute approximate surface area is 159 Å². The van der Waals surface area contributed by atoms with Crippen LogP contribution in [0, 0.1) is 0 Å². The molecule has 5 heteroatoms. The van der Waals surface area contributed by atoms with Crippen LogP contribution < -0.4 is 5.01 Å². The monoisotopic (exact) mass is 364 g/mol. The lowest BCUT2D eigenvalue weighted by Gasteiger charge is -2.35. The first-order valence-electron chi connectivity index (χ1n) is 9.21. The minimum absolute atomic E-state index is 0.00895. The fraction of sp³-hybridized carbons (Fsp3) is 0.318. The summed E-state index contributed by atoms with van der Waals surface area (Å²) < 4.78 is 5.07. The van der Waals surface area contributed by atoms with Gasteiger partial charge >= 0.3 is 5.97 Å². The topological polar surface area (TPSA) is 59.0 Å². The predicted octanol–water partition coefficient (Wildman–Crippen LogP) is 3.97. The molecule has 0 N–H and O–H groups in total. The van der Waals surface area contributed by atoms with E-state index in [-0.39, 0.29) is 18.2 Å². The molecule has 0 amide bonds. The minimum atomic E-state index is -0.890. The molecular weight excluding hydrogens is 340 g/mol. The van der Waals surface area contributed by atoms with Gasteiger partial charge in [0.05, 0.1) is 18.0 Å². The van der Waals surface area contributed by atoms with Crippen LogP contribution in [0.5, 0.6) is 0 Å². The lowest BCUT2D eigenvalue weighted by Crippen LogP contribution is -2.49. The number of carbonyl (C=O) groups excluding carboxylic acids is 2. The second kappa shape index (κ2) is 8.16. The molecule has 2 aromatic rings. The number of nitrogens with zero attached hydrogens (tertiary/aromatic N) is 2. The van der Waals surface area contributed by atoms with Gasteiger partial charge in [-0.05, 0) is 38.0 Å². The third-order valence-electron chi connectivity index (χ3n) is 4.90. The molecule has 0 bridgehead atoms. The fourth-order valence-corrected chi connectivity index (χ4v) is 3.45. The van der Waals surface area contributed by atoms with Gasteiger partial charge in [0.25, 0.3) is 0 Å². The molecule has 2 aromatic carbocycles. The summed E-state index contributed by atoms with van der Waals surface area (Å²) in [4.78, 5) is 24.8. The summed E-state index contributed by atoms with van der Waals surface area (Å²) in [6, 6.07) is 19.5. The van der Waals surface area contributed by atoms with E-state index in [0.29, 0.717) is 19.4 Å². The molecule has 140 valence electrons. The Bertz CT molecular complexity index is 833. The van der Waals surface area contributed by atoms with Crippen molar-refractivity contribution in [3.63, 3.8) is 0 Å². The molecule has 5 nitrogen and oxygen atoms in total. The molecule has 0 aliphatic carbocycles. The lowest BCUT2D eigenvalue weighted by atomic mass is 9.83. The molecule has 0 radical (unpaired) electrons. The van der Waals surface area contributed by atoms with E-state index in [9.17, 15) is 9.59 Å². The summed E-state index contributed by atoms with van der Waals surface area (Å²) >= 11 is 0. The Morgan fingerprint density at radius 3 is 2.30 bits per heavy atom. The van der Waals surface area contributed by atoms with E-state index < -0.39 is 5.54 Å². The van der Waals surface area contributed by atoms with Gasteiger partial charge in [-0.1, -0.05) is 48.5 Å². The van der Waals surface area contributed by atoms with E-state index in [1.165, 1.54) is 0 Å². The first-order chi connectivity index (χ1) is 13.1. The highest BCUT2D eigenvalue weighted by Gasteiger charge is 2.47. The number of Topliss-reactive ketones (excluding diaryl/α,β-unsaturated/α-hetero) is 1. The standard InChI is InChI=1S/C22H24N2O3/c1-3-27-21(26)14-15-22(17(2)25)16-20(18-10-6-4-7-11-18)23-24(22)19-12-8-5-9-13-19/h4-13H,3,14-16H2,1-2H3. The molecule has 3 rings (SSSR count). The first kappa shape index (κ1) is 18.8. The number of hydrogen-bond donors (Lipinski definition) is 0. The Morgan fingerprint density at radius 1 is 1.07 bits per heavy atom. The van der Waals surface area contributed by atoms with Gasteiger partial charge in [0, 0.05) is 12.8 Å². The smallest absolute Gasteiger partial charge is 0.305 e. The summed E-state index contributed by atoms with van der Waals surface area (Å²) in [5.41, 5.74) is 1.78. The van der Waals surface area contributed by atoms with Crippen molar-refractivity contribution >= 4 is 23.2 Å². The number of ether oxygens (including phenoxy) is 1. The number of carbonyl (C=O) groups is 2. The van der Waals surface area contributed by atoms with Crippen molar-refractivity contribution in [2.45, 2.75) is 38.6 Å². The first-order valence-corrected chi connectivity index (χ1v) is 9.21. The third-order valence-corrected chi connectivity index (χ3v) is 4.90. The molecule has 0 fully saturated rings. The molecular formula is C22H24N2O3. The number of benzene rings is 2. The molecule has 0 aromatic heterocycles. The highest BCUT2D eigenvalue weighted by atomic mass is 16.5. The van der Waals surface area contributed by atoms with Crippen LogP contribution in [0.3, 0.4) is 0 Å². The van der Waals surface area contributed by atoms with Crippen molar-refractivity contribution < 1.29 is 14.3 Å². The average molecular weight is 364 g/mol. The van der Waals surface area contributed by atoms with E-state index in [1.54, 1.807) is 18.9 Å². The number of para-hydroxylation sites is 1. The van der Waals surface area contributed by atoms with E-state index in [4.69, 9.17) is 9.84 Å². The number of hydrogen-bond acceptors (Lipinski definition) is 5. The molecule has 27 heavy (non-hydrogen) atoms. The second-order valence-corrected chi connectivity index (χ2v) is 6.63. The Hall–Kier alpha value is -2.95. The SMILES string of the molecule is CCOC(=O)CCC1(C(C)=O)CC(c2ccccc2)=NN1c1ccccc1. The van der Waals surface area contributed by atoms with Gasteiger partial charge in [0.2, 0.25) is 0 Å². The summed E-state index contributed by atoms with van der Waals surface area (Å²) in [5.74, 6) is -0.301. The van der Waals surface area contributed by atoms with Gasteiger partial charge in [-0.2, -0.15) is 5.10 Å². The normalized spacial score (nSPS) is 18.9. The van der Waals surface area contributed by atoms with Crippen LogP contribution in [-0.2, 0) is 14.3 Å². The Morgan fingerprint density at radius 2 is 1.70 bits per heavy atom. The Kier molecular flexibility index (Phi) is 5.69. The van der Waals surface area contributed by atoms with Crippen LogP contribution in [0.15, 0.2) is 65.8 Å². The number of esters is 1. The maximum absolute atomic E-state index is 12.8. The maximum atomic E-state index is 12.8. The van der Waals surface area contributed by atoms with Gasteiger partial charge < -0.3 is 4.74 Å².